The van der Waals surface area contributed by atoms with E-state index in [0.717, 1.165) is 6.54 Å². The zero-order chi connectivity index (χ0) is 13.8. The van der Waals surface area contributed by atoms with Crippen LogP contribution in [-0.4, -0.2) is 38.0 Å². The van der Waals surface area contributed by atoms with Crippen LogP contribution in [0.1, 0.15) is 10.6 Å². The lowest BCUT2D eigenvalue weighted by Crippen LogP contribution is -2.31. The maximum absolute atomic E-state index is 11.9. The van der Waals surface area contributed by atoms with E-state index in [0.29, 0.717) is 17.5 Å². The molecule has 0 saturated carbocycles. The topological polar surface area (TPSA) is 62.6 Å². The SMILES string of the molecule is CN(C)CCNC(=O)c1cc(=O)c2ccccc2o1. The van der Waals surface area contributed by atoms with Crippen LogP contribution in [0.2, 0.25) is 0 Å². The molecule has 0 aliphatic heterocycles. The molecular formula is C14H16N2O3. The monoisotopic (exact) mass is 260 g/mol. The van der Waals surface area contributed by atoms with Crippen molar-refractivity contribution in [3.05, 3.63) is 46.3 Å². The van der Waals surface area contributed by atoms with Gasteiger partial charge in [0.15, 0.2) is 11.2 Å². The minimum absolute atomic E-state index is 0.0439. The smallest absolute Gasteiger partial charge is 0.287 e. The highest BCUT2D eigenvalue weighted by Crippen LogP contribution is 2.11. The van der Waals surface area contributed by atoms with Crippen molar-refractivity contribution < 1.29 is 9.21 Å². The molecule has 100 valence electrons. The Labute approximate surface area is 110 Å². The Bertz CT molecular complexity index is 646. The molecule has 1 aromatic heterocycles. The number of benzene rings is 1. The van der Waals surface area contributed by atoms with Crippen molar-refractivity contribution in [1.29, 1.82) is 0 Å². The minimum atomic E-state index is -0.371. The van der Waals surface area contributed by atoms with Crippen LogP contribution in [0.3, 0.4) is 0 Å². The third kappa shape index (κ3) is 3.20. The Morgan fingerprint density at radius 3 is 2.79 bits per heavy atom. The molecule has 0 saturated heterocycles. The third-order valence-electron chi connectivity index (χ3n) is 2.70. The number of amides is 1. The summed E-state index contributed by atoms with van der Waals surface area (Å²) < 4.78 is 5.44. The van der Waals surface area contributed by atoms with Gasteiger partial charge in [0.25, 0.3) is 5.91 Å². The van der Waals surface area contributed by atoms with Crippen LogP contribution >= 0.6 is 0 Å². The molecular weight excluding hydrogens is 244 g/mol. The van der Waals surface area contributed by atoms with Gasteiger partial charge in [0, 0.05) is 19.2 Å². The molecule has 1 heterocycles. The van der Waals surface area contributed by atoms with Crippen LogP contribution in [0.5, 0.6) is 0 Å². The van der Waals surface area contributed by atoms with Crippen LogP contribution in [0, 0.1) is 0 Å². The maximum atomic E-state index is 11.9. The van der Waals surface area contributed by atoms with Gasteiger partial charge in [0.1, 0.15) is 5.58 Å². The molecule has 5 nitrogen and oxygen atoms in total. The van der Waals surface area contributed by atoms with Crippen molar-refractivity contribution in [1.82, 2.24) is 10.2 Å². The summed E-state index contributed by atoms with van der Waals surface area (Å²) in [4.78, 5) is 25.7. The van der Waals surface area contributed by atoms with Gasteiger partial charge in [0.2, 0.25) is 0 Å². The largest absolute Gasteiger partial charge is 0.451 e. The summed E-state index contributed by atoms with van der Waals surface area (Å²) >= 11 is 0. The van der Waals surface area contributed by atoms with E-state index in [2.05, 4.69) is 5.32 Å². The number of fused-ring (bicyclic) bond motifs is 1. The molecule has 0 aliphatic rings. The summed E-state index contributed by atoms with van der Waals surface area (Å²) in [5, 5.41) is 3.19. The van der Waals surface area contributed by atoms with E-state index in [4.69, 9.17) is 4.42 Å². The van der Waals surface area contributed by atoms with Crippen molar-refractivity contribution in [3.8, 4) is 0 Å². The summed E-state index contributed by atoms with van der Waals surface area (Å²) in [7, 11) is 3.84. The molecule has 0 spiro atoms. The van der Waals surface area contributed by atoms with E-state index >= 15 is 0 Å². The lowest BCUT2D eigenvalue weighted by atomic mass is 10.2. The van der Waals surface area contributed by atoms with Crippen molar-refractivity contribution in [2.75, 3.05) is 27.2 Å². The first kappa shape index (κ1) is 13.3. The Morgan fingerprint density at radius 2 is 2.05 bits per heavy atom. The van der Waals surface area contributed by atoms with Crippen LogP contribution in [0.4, 0.5) is 0 Å². The normalized spacial score (nSPS) is 10.9. The molecule has 1 aromatic carbocycles. The van der Waals surface area contributed by atoms with Crippen molar-refractivity contribution in [2.24, 2.45) is 0 Å². The van der Waals surface area contributed by atoms with Crippen LogP contribution in [0.15, 0.2) is 39.5 Å². The predicted molar refractivity (Wildman–Crippen MR) is 73.4 cm³/mol. The van der Waals surface area contributed by atoms with Crippen molar-refractivity contribution in [2.45, 2.75) is 0 Å². The molecule has 0 atom stereocenters. The van der Waals surface area contributed by atoms with Gasteiger partial charge in [-0.05, 0) is 26.2 Å². The Balaban J connectivity index is 2.21. The number of likely N-dealkylation sites (N-methyl/N-ethyl adjacent to an activating group) is 1. The second-order valence-electron chi connectivity index (χ2n) is 4.53. The zero-order valence-electron chi connectivity index (χ0n) is 11.0. The number of hydrogen-bond acceptors (Lipinski definition) is 4. The third-order valence-corrected chi connectivity index (χ3v) is 2.70. The highest BCUT2D eigenvalue weighted by molar-refractivity contribution is 5.93. The molecule has 1 N–H and O–H groups in total. The quantitative estimate of drug-likeness (QED) is 0.893. The number of carbonyl (C=O) groups is 1. The lowest BCUT2D eigenvalue weighted by molar-refractivity contribution is 0.0924. The van der Waals surface area contributed by atoms with Crippen LogP contribution < -0.4 is 10.7 Å². The molecule has 0 fully saturated rings. The van der Waals surface area contributed by atoms with Crippen molar-refractivity contribution >= 4 is 16.9 Å². The van der Waals surface area contributed by atoms with Gasteiger partial charge >= 0.3 is 0 Å². The van der Waals surface area contributed by atoms with Gasteiger partial charge in [-0.3, -0.25) is 9.59 Å². The summed E-state index contributed by atoms with van der Waals surface area (Å²) in [6.07, 6.45) is 0. The number of nitrogens with zero attached hydrogens (tertiary/aromatic N) is 1. The van der Waals surface area contributed by atoms with Crippen molar-refractivity contribution in [3.63, 3.8) is 0 Å². The van der Waals surface area contributed by atoms with E-state index in [1.165, 1.54) is 6.07 Å². The van der Waals surface area contributed by atoms with Gasteiger partial charge < -0.3 is 14.6 Å². The molecule has 0 aliphatic carbocycles. The maximum Gasteiger partial charge on any atom is 0.287 e. The van der Waals surface area contributed by atoms with Gasteiger partial charge in [-0.2, -0.15) is 0 Å². The van der Waals surface area contributed by atoms with Gasteiger partial charge in [-0.15, -0.1) is 0 Å². The predicted octanol–water partition coefficient (Wildman–Crippen LogP) is 1.08. The van der Waals surface area contributed by atoms with E-state index in [-0.39, 0.29) is 17.1 Å². The Morgan fingerprint density at radius 1 is 1.32 bits per heavy atom. The number of carbonyl (C=O) groups excluding carboxylic acids is 1. The zero-order valence-corrected chi connectivity index (χ0v) is 11.0. The second kappa shape index (κ2) is 5.67. The molecule has 2 rings (SSSR count). The molecule has 19 heavy (non-hydrogen) atoms. The standard InChI is InChI=1S/C14H16N2O3/c1-16(2)8-7-15-14(18)13-9-11(17)10-5-3-4-6-12(10)19-13/h3-6,9H,7-8H2,1-2H3,(H,15,18). The first-order chi connectivity index (χ1) is 9.08. The molecule has 0 unspecified atom stereocenters. The Kier molecular flexibility index (Phi) is 3.97. The summed E-state index contributed by atoms with van der Waals surface area (Å²) in [5.41, 5.74) is 0.215. The first-order valence-corrected chi connectivity index (χ1v) is 6.04. The molecule has 0 bridgehead atoms. The average Bonchev–Trinajstić information content (AvgIpc) is 2.38. The summed E-state index contributed by atoms with van der Waals surface area (Å²) in [5.74, 6) is -0.327. The molecule has 2 aromatic rings. The fraction of sp³-hybridized carbons (Fsp3) is 0.286. The van der Waals surface area contributed by atoms with Gasteiger partial charge in [0.05, 0.1) is 5.39 Å². The van der Waals surface area contributed by atoms with E-state index in [1.54, 1.807) is 24.3 Å². The molecule has 5 heteroatoms. The van der Waals surface area contributed by atoms with Gasteiger partial charge in [-0.1, -0.05) is 12.1 Å². The van der Waals surface area contributed by atoms with E-state index < -0.39 is 0 Å². The van der Waals surface area contributed by atoms with Crippen LogP contribution in [0.25, 0.3) is 11.0 Å². The highest BCUT2D eigenvalue weighted by Gasteiger charge is 2.11. The number of nitrogens with one attached hydrogen (secondary N) is 1. The Hall–Kier alpha value is -2.14. The fourth-order valence-corrected chi connectivity index (χ4v) is 1.70. The lowest BCUT2D eigenvalue weighted by Gasteiger charge is -2.10. The fourth-order valence-electron chi connectivity index (χ4n) is 1.70. The summed E-state index contributed by atoms with van der Waals surface area (Å²) in [6, 6.07) is 8.10. The summed E-state index contributed by atoms with van der Waals surface area (Å²) in [6.45, 7) is 1.23. The number of rotatable bonds is 4. The minimum Gasteiger partial charge on any atom is -0.451 e. The number of para-hydroxylation sites is 1. The highest BCUT2D eigenvalue weighted by atomic mass is 16.3. The van der Waals surface area contributed by atoms with Gasteiger partial charge in [-0.25, -0.2) is 0 Å². The first-order valence-electron chi connectivity index (χ1n) is 6.04. The molecule has 1 amide bonds. The van der Waals surface area contributed by atoms with Crippen LogP contribution in [-0.2, 0) is 0 Å². The second-order valence-corrected chi connectivity index (χ2v) is 4.53. The van der Waals surface area contributed by atoms with E-state index in [1.807, 2.05) is 19.0 Å². The molecule has 0 radical (unpaired) electrons. The van der Waals surface area contributed by atoms with E-state index in [9.17, 15) is 9.59 Å². The average molecular weight is 260 g/mol. The number of hydrogen-bond donors (Lipinski definition) is 1.